The Morgan fingerprint density at radius 2 is 2.00 bits per heavy atom. The lowest BCUT2D eigenvalue weighted by molar-refractivity contribution is 0.307. The van der Waals surface area contributed by atoms with Gasteiger partial charge in [0.25, 0.3) is 0 Å². The molecule has 7 heteroatoms. The molecule has 0 fully saturated rings. The van der Waals surface area contributed by atoms with Gasteiger partial charge in [0.15, 0.2) is 0 Å². The predicted octanol–water partition coefficient (Wildman–Crippen LogP) is 0.801. The lowest BCUT2D eigenvalue weighted by Gasteiger charge is -2.08. The Labute approximate surface area is 95.7 Å². The average molecular weight is 247 g/mol. The first-order valence-electron chi connectivity index (χ1n) is 4.94. The van der Waals surface area contributed by atoms with Crippen LogP contribution in [-0.4, -0.2) is 18.2 Å². The highest BCUT2D eigenvalue weighted by molar-refractivity contribution is 7.84. The normalized spacial score (nSPS) is 12.4. The Morgan fingerprint density at radius 3 is 2.38 bits per heavy atom. The third kappa shape index (κ3) is 3.03. The molecule has 0 saturated heterocycles. The van der Waals surface area contributed by atoms with E-state index in [1.54, 1.807) is 0 Å². The van der Waals surface area contributed by atoms with Gasteiger partial charge in [-0.2, -0.15) is 13.5 Å². The van der Waals surface area contributed by atoms with E-state index in [0.717, 1.165) is 17.0 Å². The maximum absolute atomic E-state index is 10.7. The number of hydrogen-bond acceptors (Lipinski definition) is 4. The zero-order chi connectivity index (χ0) is 12.5. The maximum Gasteiger partial charge on any atom is 0.333 e. The minimum Gasteiger partial charge on any atom is -0.267 e. The summed E-state index contributed by atoms with van der Waals surface area (Å²) in [4.78, 5) is 0. The lowest BCUT2D eigenvalue weighted by atomic mass is 10.2. The number of aromatic nitrogens is 2. The molecule has 1 heterocycles. The minimum atomic E-state index is -3.90. The average Bonchev–Trinajstić information content (AvgIpc) is 2.38. The fourth-order valence-electron chi connectivity index (χ4n) is 1.55. The quantitative estimate of drug-likeness (QED) is 0.852. The van der Waals surface area contributed by atoms with E-state index in [0.29, 0.717) is 0 Å². The van der Waals surface area contributed by atoms with E-state index in [9.17, 15) is 8.42 Å². The van der Waals surface area contributed by atoms with Crippen molar-refractivity contribution in [1.82, 2.24) is 9.78 Å². The van der Waals surface area contributed by atoms with Crippen LogP contribution < -0.4 is 5.14 Å². The van der Waals surface area contributed by atoms with Gasteiger partial charge >= 0.3 is 10.3 Å². The van der Waals surface area contributed by atoms with Gasteiger partial charge in [0.05, 0.1) is 12.3 Å². The van der Waals surface area contributed by atoms with Crippen LogP contribution in [0.1, 0.15) is 36.8 Å². The number of rotatable bonds is 4. The fraction of sp³-hybridized carbons (Fsp3) is 0.667. The summed E-state index contributed by atoms with van der Waals surface area (Å²) >= 11 is 0. The van der Waals surface area contributed by atoms with Gasteiger partial charge in [-0.25, -0.2) is 5.14 Å². The van der Waals surface area contributed by atoms with Gasteiger partial charge < -0.3 is 0 Å². The molecule has 0 aliphatic rings. The van der Waals surface area contributed by atoms with Crippen LogP contribution in [0.5, 0.6) is 0 Å². The van der Waals surface area contributed by atoms with Crippen LogP contribution in [-0.2, 0) is 21.1 Å². The SMILES string of the molecule is Cc1nn(C(C)C)c(C)c1COS(N)(=O)=O. The molecule has 0 atom stereocenters. The van der Waals surface area contributed by atoms with Gasteiger partial charge in [-0.05, 0) is 27.7 Å². The van der Waals surface area contributed by atoms with Crippen molar-refractivity contribution in [2.75, 3.05) is 0 Å². The number of hydrogen-bond donors (Lipinski definition) is 1. The summed E-state index contributed by atoms with van der Waals surface area (Å²) in [7, 11) is -3.90. The third-order valence-corrected chi connectivity index (χ3v) is 2.78. The van der Waals surface area contributed by atoms with Gasteiger partial charge in [0.1, 0.15) is 0 Å². The van der Waals surface area contributed by atoms with Crippen molar-refractivity contribution >= 4 is 10.3 Å². The second kappa shape index (κ2) is 4.52. The monoisotopic (exact) mass is 247 g/mol. The zero-order valence-electron chi connectivity index (χ0n) is 9.89. The Morgan fingerprint density at radius 1 is 1.44 bits per heavy atom. The molecule has 2 N–H and O–H groups in total. The van der Waals surface area contributed by atoms with Gasteiger partial charge in [-0.15, -0.1) is 0 Å². The molecule has 0 bridgehead atoms. The largest absolute Gasteiger partial charge is 0.333 e. The fourth-order valence-corrected chi connectivity index (χ4v) is 1.83. The first kappa shape index (κ1) is 13.1. The van der Waals surface area contributed by atoms with Gasteiger partial charge in [-0.1, -0.05) is 0 Å². The Balaban J connectivity index is 2.97. The third-order valence-electron chi connectivity index (χ3n) is 2.33. The summed E-state index contributed by atoms with van der Waals surface area (Å²) < 4.78 is 27.8. The highest BCUT2D eigenvalue weighted by atomic mass is 32.2. The molecule has 0 unspecified atom stereocenters. The highest BCUT2D eigenvalue weighted by Crippen LogP contribution is 2.18. The second-order valence-electron chi connectivity index (χ2n) is 3.94. The Bertz CT molecular complexity index is 476. The van der Waals surface area contributed by atoms with Crippen LogP contribution in [0.2, 0.25) is 0 Å². The van der Waals surface area contributed by atoms with Crippen molar-refractivity contribution in [3.63, 3.8) is 0 Å². The van der Waals surface area contributed by atoms with E-state index in [-0.39, 0.29) is 12.6 Å². The molecule has 0 aliphatic carbocycles. The molecule has 1 aromatic rings. The molecule has 16 heavy (non-hydrogen) atoms. The van der Waals surface area contributed by atoms with E-state index in [2.05, 4.69) is 9.28 Å². The first-order valence-corrected chi connectivity index (χ1v) is 6.41. The topological polar surface area (TPSA) is 87.2 Å². The molecule has 92 valence electrons. The van der Waals surface area contributed by atoms with E-state index >= 15 is 0 Å². The smallest absolute Gasteiger partial charge is 0.267 e. The minimum absolute atomic E-state index is 0.0662. The molecule has 0 aromatic carbocycles. The van der Waals surface area contributed by atoms with Crippen molar-refractivity contribution in [3.8, 4) is 0 Å². The molecule has 6 nitrogen and oxygen atoms in total. The molecular weight excluding hydrogens is 230 g/mol. The maximum atomic E-state index is 10.7. The van der Waals surface area contributed by atoms with Crippen LogP contribution in [0.3, 0.4) is 0 Å². The van der Waals surface area contributed by atoms with E-state index < -0.39 is 10.3 Å². The van der Waals surface area contributed by atoms with Crippen LogP contribution in [0.25, 0.3) is 0 Å². The summed E-state index contributed by atoms with van der Waals surface area (Å²) in [5, 5.41) is 9.08. The molecule has 1 rings (SSSR count). The van der Waals surface area contributed by atoms with Gasteiger partial charge in [-0.3, -0.25) is 8.86 Å². The zero-order valence-corrected chi connectivity index (χ0v) is 10.7. The molecular formula is C9H17N3O3S. The molecule has 0 amide bonds. The van der Waals surface area contributed by atoms with Crippen molar-refractivity contribution in [2.24, 2.45) is 5.14 Å². The van der Waals surface area contributed by atoms with Crippen molar-refractivity contribution in [3.05, 3.63) is 17.0 Å². The Kier molecular flexibility index (Phi) is 3.72. The van der Waals surface area contributed by atoms with Crippen LogP contribution in [0, 0.1) is 13.8 Å². The lowest BCUT2D eigenvalue weighted by Crippen LogP contribution is -2.16. The van der Waals surface area contributed by atoms with Crippen molar-refractivity contribution in [1.29, 1.82) is 0 Å². The highest BCUT2D eigenvalue weighted by Gasteiger charge is 2.15. The van der Waals surface area contributed by atoms with E-state index in [4.69, 9.17) is 5.14 Å². The second-order valence-corrected chi connectivity index (χ2v) is 5.16. The first-order chi connectivity index (χ1) is 7.22. The number of nitrogens with two attached hydrogens (primary N) is 1. The molecule has 1 aromatic heterocycles. The molecule has 0 saturated carbocycles. The standard InChI is InChI=1S/C9H17N3O3S/c1-6(2)12-8(4)9(7(3)11-12)5-15-16(10,13)14/h6H,5H2,1-4H3,(H2,10,13,14). The summed E-state index contributed by atoms with van der Waals surface area (Å²) in [6.45, 7) is 7.63. The molecule has 0 aliphatic heterocycles. The molecule has 0 radical (unpaired) electrons. The van der Waals surface area contributed by atoms with Crippen molar-refractivity contribution < 1.29 is 12.6 Å². The Hall–Kier alpha value is -0.920. The number of nitrogens with zero attached hydrogens (tertiary/aromatic N) is 2. The summed E-state index contributed by atoms with van der Waals surface area (Å²) in [5.74, 6) is 0. The summed E-state index contributed by atoms with van der Waals surface area (Å²) in [6, 6.07) is 0.224. The van der Waals surface area contributed by atoms with Crippen LogP contribution >= 0.6 is 0 Å². The van der Waals surface area contributed by atoms with E-state index in [1.807, 2.05) is 32.4 Å². The summed E-state index contributed by atoms with van der Waals surface area (Å²) in [6.07, 6.45) is 0. The summed E-state index contributed by atoms with van der Waals surface area (Å²) in [5.41, 5.74) is 2.42. The van der Waals surface area contributed by atoms with Crippen LogP contribution in [0.4, 0.5) is 0 Å². The van der Waals surface area contributed by atoms with E-state index in [1.165, 1.54) is 0 Å². The predicted molar refractivity (Wildman–Crippen MR) is 60.0 cm³/mol. The van der Waals surface area contributed by atoms with Crippen molar-refractivity contribution in [2.45, 2.75) is 40.3 Å². The van der Waals surface area contributed by atoms with Gasteiger partial charge in [0, 0.05) is 17.3 Å². The molecule has 0 spiro atoms. The van der Waals surface area contributed by atoms with Gasteiger partial charge in [0.2, 0.25) is 0 Å². The number of aryl methyl sites for hydroxylation is 1. The van der Waals surface area contributed by atoms with Crippen LogP contribution in [0.15, 0.2) is 0 Å².